The number of ether oxygens (including phenoxy) is 1. The largest absolute Gasteiger partial charge is 0.467 e. The Morgan fingerprint density at radius 3 is 2.75 bits per heavy atom. The molecule has 0 aromatic carbocycles. The van der Waals surface area contributed by atoms with Crippen LogP contribution in [0.25, 0.3) is 0 Å². The van der Waals surface area contributed by atoms with E-state index in [0.717, 1.165) is 30.7 Å². The van der Waals surface area contributed by atoms with Crippen LogP contribution >= 0.6 is 0 Å². The second-order valence-electron chi connectivity index (χ2n) is 6.13. The van der Waals surface area contributed by atoms with E-state index in [1.807, 2.05) is 12.1 Å². The molecule has 1 unspecified atom stereocenters. The molecule has 0 radical (unpaired) electrons. The molecule has 1 aromatic heterocycles. The molecule has 1 aliphatic heterocycles. The van der Waals surface area contributed by atoms with Gasteiger partial charge in [-0.2, -0.15) is 0 Å². The van der Waals surface area contributed by atoms with Crippen molar-refractivity contribution >= 4 is 0 Å². The van der Waals surface area contributed by atoms with Gasteiger partial charge >= 0.3 is 0 Å². The summed E-state index contributed by atoms with van der Waals surface area (Å²) in [4.78, 5) is 2.35. The molecule has 0 aliphatic carbocycles. The molecule has 2 rings (SSSR count). The zero-order chi connectivity index (χ0) is 14.4. The van der Waals surface area contributed by atoms with E-state index >= 15 is 0 Å². The van der Waals surface area contributed by atoms with Gasteiger partial charge in [-0.05, 0) is 49.9 Å². The molecule has 0 spiro atoms. The van der Waals surface area contributed by atoms with Gasteiger partial charge in [0.25, 0.3) is 0 Å². The van der Waals surface area contributed by atoms with Crippen LogP contribution in [-0.4, -0.2) is 42.4 Å². The van der Waals surface area contributed by atoms with E-state index < -0.39 is 6.10 Å². The third-order valence-corrected chi connectivity index (χ3v) is 4.18. The molecule has 1 saturated heterocycles. The Balaban J connectivity index is 1.59. The van der Waals surface area contributed by atoms with Gasteiger partial charge in [0.1, 0.15) is 12.4 Å². The van der Waals surface area contributed by atoms with Gasteiger partial charge in [0.05, 0.1) is 19.0 Å². The summed E-state index contributed by atoms with van der Waals surface area (Å²) in [5.74, 6) is 2.42. The van der Waals surface area contributed by atoms with Crippen molar-refractivity contribution in [1.82, 2.24) is 4.90 Å². The highest BCUT2D eigenvalue weighted by Crippen LogP contribution is 2.24. The summed E-state index contributed by atoms with van der Waals surface area (Å²) in [5.41, 5.74) is 0. The van der Waals surface area contributed by atoms with Gasteiger partial charge in [-0.15, -0.1) is 0 Å². The number of hydrogen-bond acceptors (Lipinski definition) is 4. The molecule has 4 nitrogen and oxygen atoms in total. The lowest BCUT2D eigenvalue weighted by molar-refractivity contribution is -0.00108. The Labute approximate surface area is 121 Å². The van der Waals surface area contributed by atoms with Crippen molar-refractivity contribution in [3.05, 3.63) is 24.2 Å². The van der Waals surface area contributed by atoms with Crippen molar-refractivity contribution in [3.63, 3.8) is 0 Å². The molecule has 1 aromatic rings. The van der Waals surface area contributed by atoms with Crippen molar-refractivity contribution in [2.75, 3.05) is 26.2 Å². The lowest BCUT2D eigenvalue weighted by atomic mass is 9.87. The Morgan fingerprint density at radius 2 is 2.15 bits per heavy atom. The molecule has 1 fully saturated rings. The zero-order valence-electron chi connectivity index (χ0n) is 12.6. The van der Waals surface area contributed by atoms with E-state index in [-0.39, 0.29) is 0 Å². The fourth-order valence-electron chi connectivity index (χ4n) is 2.84. The minimum Gasteiger partial charge on any atom is -0.467 e. The molecule has 20 heavy (non-hydrogen) atoms. The third kappa shape index (κ3) is 4.93. The topological polar surface area (TPSA) is 45.8 Å². The van der Waals surface area contributed by atoms with Gasteiger partial charge in [0.2, 0.25) is 0 Å². The molecular weight excluding hydrogens is 254 g/mol. The molecule has 2 heterocycles. The number of piperidine rings is 1. The smallest absolute Gasteiger partial charge is 0.129 e. The predicted octanol–water partition coefficient (Wildman–Crippen LogP) is 2.53. The second-order valence-corrected chi connectivity index (χ2v) is 6.13. The summed E-state index contributed by atoms with van der Waals surface area (Å²) < 4.78 is 10.7. The average molecular weight is 281 g/mol. The van der Waals surface area contributed by atoms with E-state index in [0.29, 0.717) is 19.8 Å². The van der Waals surface area contributed by atoms with E-state index in [1.165, 1.54) is 12.8 Å². The van der Waals surface area contributed by atoms with E-state index in [9.17, 15) is 5.11 Å². The molecule has 0 bridgehead atoms. The highest BCUT2D eigenvalue weighted by Gasteiger charge is 2.22. The van der Waals surface area contributed by atoms with E-state index in [4.69, 9.17) is 9.15 Å². The van der Waals surface area contributed by atoms with Crippen molar-refractivity contribution in [2.24, 2.45) is 11.8 Å². The third-order valence-electron chi connectivity index (χ3n) is 4.18. The Bertz CT molecular complexity index is 356. The maximum absolute atomic E-state index is 10.0. The van der Waals surface area contributed by atoms with Crippen LogP contribution in [0.2, 0.25) is 0 Å². The maximum Gasteiger partial charge on any atom is 0.129 e. The normalized spacial score (nSPS) is 19.6. The van der Waals surface area contributed by atoms with Crippen molar-refractivity contribution in [2.45, 2.75) is 39.4 Å². The fraction of sp³-hybridized carbons (Fsp3) is 0.750. The summed E-state index contributed by atoms with van der Waals surface area (Å²) >= 11 is 0. The number of rotatable bonds is 7. The van der Waals surface area contributed by atoms with E-state index in [2.05, 4.69) is 18.7 Å². The van der Waals surface area contributed by atoms with Crippen LogP contribution in [0.3, 0.4) is 0 Å². The number of furan rings is 1. The maximum atomic E-state index is 10.0. The first kappa shape index (κ1) is 15.5. The molecule has 1 atom stereocenters. The summed E-state index contributed by atoms with van der Waals surface area (Å²) in [5, 5.41) is 10.0. The van der Waals surface area contributed by atoms with Gasteiger partial charge in [0.15, 0.2) is 0 Å². The quantitative estimate of drug-likeness (QED) is 0.834. The lowest BCUT2D eigenvalue weighted by Crippen LogP contribution is -2.41. The number of aliphatic hydroxyl groups is 1. The number of nitrogens with zero attached hydrogens (tertiary/aromatic N) is 1. The standard InChI is InChI=1S/C16H27NO3/c1-13(2)14-5-7-17(8-6-14)10-15(18)11-19-12-16-4-3-9-20-16/h3-4,9,13-15,18H,5-8,10-12H2,1-2H3. The van der Waals surface area contributed by atoms with Crippen LogP contribution in [0.4, 0.5) is 0 Å². The summed E-state index contributed by atoms with van der Waals surface area (Å²) in [7, 11) is 0. The molecule has 114 valence electrons. The summed E-state index contributed by atoms with van der Waals surface area (Å²) in [6.07, 6.45) is 3.71. The van der Waals surface area contributed by atoms with Crippen molar-refractivity contribution in [3.8, 4) is 0 Å². The van der Waals surface area contributed by atoms with Gasteiger partial charge in [-0.1, -0.05) is 13.8 Å². The van der Waals surface area contributed by atoms with Crippen LogP contribution in [0, 0.1) is 11.8 Å². The first-order valence-corrected chi connectivity index (χ1v) is 7.65. The number of hydrogen-bond donors (Lipinski definition) is 1. The minimum atomic E-state index is -0.416. The van der Waals surface area contributed by atoms with Crippen molar-refractivity contribution in [1.29, 1.82) is 0 Å². The lowest BCUT2D eigenvalue weighted by Gasteiger charge is -2.34. The Hall–Kier alpha value is -0.840. The Morgan fingerprint density at radius 1 is 1.40 bits per heavy atom. The number of aliphatic hydroxyl groups excluding tert-OH is 1. The van der Waals surface area contributed by atoms with Crippen LogP contribution in [0.15, 0.2) is 22.8 Å². The molecule has 4 heteroatoms. The summed E-state index contributed by atoms with van der Waals surface area (Å²) in [6.45, 7) is 8.30. The molecule has 1 N–H and O–H groups in total. The highest BCUT2D eigenvalue weighted by molar-refractivity contribution is 4.96. The average Bonchev–Trinajstić information content (AvgIpc) is 2.92. The molecular formula is C16H27NO3. The van der Waals surface area contributed by atoms with Gasteiger partial charge in [-0.25, -0.2) is 0 Å². The van der Waals surface area contributed by atoms with Crippen LogP contribution in [0.5, 0.6) is 0 Å². The minimum absolute atomic E-state index is 0.366. The number of β-amino-alcohol motifs (C(OH)–C–C–N with tert-alkyl or cyclic N) is 1. The molecule has 0 saturated carbocycles. The van der Waals surface area contributed by atoms with Gasteiger partial charge < -0.3 is 19.2 Å². The first-order chi connectivity index (χ1) is 9.65. The van der Waals surface area contributed by atoms with Crippen LogP contribution < -0.4 is 0 Å². The predicted molar refractivity (Wildman–Crippen MR) is 78.4 cm³/mol. The summed E-state index contributed by atoms with van der Waals surface area (Å²) in [6, 6.07) is 3.72. The zero-order valence-corrected chi connectivity index (χ0v) is 12.6. The van der Waals surface area contributed by atoms with Crippen LogP contribution in [-0.2, 0) is 11.3 Å². The highest BCUT2D eigenvalue weighted by atomic mass is 16.5. The monoisotopic (exact) mass is 281 g/mol. The first-order valence-electron chi connectivity index (χ1n) is 7.65. The second kappa shape index (κ2) is 7.81. The van der Waals surface area contributed by atoms with Crippen LogP contribution in [0.1, 0.15) is 32.4 Å². The molecule has 1 aliphatic rings. The van der Waals surface area contributed by atoms with E-state index in [1.54, 1.807) is 6.26 Å². The molecule has 0 amide bonds. The van der Waals surface area contributed by atoms with Crippen molar-refractivity contribution < 1.29 is 14.3 Å². The van der Waals surface area contributed by atoms with Gasteiger partial charge in [0, 0.05) is 6.54 Å². The number of likely N-dealkylation sites (tertiary alicyclic amines) is 1. The SMILES string of the molecule is CC(C)C1CCN(CC(O)COCc2ccco2)CC1. The van der Waals surface area contributed by atoms with Gasteiger partial charge in [-0.3, -0.25) is 0 Å². The fourth-order valence-corrected chi connectivity index (χ4v) is 2.84. The Kier molecular flexibility index (Phi) is 6.07.